The van der Waals surface area contributed by atoms with Crippen LogP contribution in [0.5, 0.6) is 0 Å². The Kier molecular flexibility index (Phi) is 3.83. The monoisotopic (exact) mass is 285 g/mol. The molecule has 0 aromatic carbocycles. The van der Waals surface area contributed by atoms with Gasteiger partial charge in [0.1, 0.15) is 5.82 Å². The van der Waals surface area contributed by atoms with E-state index in [-0.39, 0.29) is 0 Å². The molecule has 110 valence electrons. The smallest absolute Gasteiger partial charge is 0.165 e. The second kappa shape index (κ2) is 5.92. The molecule has 0 radical (unpaired) electrons. The number of hydrogen-bond donors (Lipinski definition) is 3. The lowest BCUT2D eigenvalue weighted by molar-refractivity contribution is 0.704. The third kappa shape index (κ3) is 2.87. The number of rotatable bonds is 1. The van der Waals surface area contributed by atoms with Crippen molar-refractivity contribution in [2.75, 3.05) is 5.73 Å². The third-order valence-corrected chi connectivity index (χ3v) is 3.64. The summed E-state index contributed by atoms with van der Waals surface area (Å²) in [5.74, 6) is 0.565. The Bertz CT molecular complexity index is 695. The van der Waals surface area contributed by atoms with Gasteiger partial charge in [0.15, 0.2) is 5.65 Å². The summed E-state index contributed by atoms with van der Waals surface area (Å²) >= 11 is 0. The topological polar surface area (TPSA) is 111 Å². The highest BCUT2D eigenvalue weighted by Gasteiger charge is 2.09. The maximum Gasteiger partial charge on any atom is 0.165 e. The molecule has 5 N–H and O–H groups in total. The Balaban J connectivity index is 0.000000186. The minimum absolute atomic E-state index is 0.546. The third-order valence-electron chi connectivity index (χ3n) is 3.64. The zero-order chi connectivity index (χ0) is 14.7. The van der Waals surface area contributed by atoms with Crippen molar-refractivity contribution in [1.29, 1.82) is 0 Å². The van der Waals surface area contributed by atoms with Gasteiger partial charge in [-0.05, 0) is 18.9 Å². The molecular formula is C14H19N7. The summed E-state index contributed by atoms with van der Waals surface area (Å²) in [7, 11) is 0. The molecule has 21 heavy (non-hydrogen) atoms. The Hall–Kier alpha value is -2.41. The van der Waals surface area contributed by atoms with Crippen molar-refractivity contribution in [3.63, 3.8) is 0 Å². The number of H-pyrrole nitrogens is 1. The average Bonchev–Trinajstić information content (AvgIpc) is 3.19. The molecule has 0 aliphatic heterocycles. The largest absolute Gasteiger partial charge is 0.384 e. The first kappa shape index (κ1) is 13.6. The van der Waals surface area contributed by atoms with Crippen molar-refractivity contribution in [2.24, 2.45) is 5.73 Å². The fourth-order valence-corrected chi connectivity index (χ4v) is 2.47. The molecule has 0 amide bonds. The van der Waals surface area contributed by atoms with Gasteiger partial charge in [0.2, 0.25) is 0 Å². The van der Waals surface area contributed by atoms with Gasteiger partial charge in [-0.3, -0.25) is 5.10 Å². The van der Waals surface area contributed by atoms with E-state index in [1.807, 2.05) is 0 Å². The van der Waals surface area contributed by atoms with Crippen molar-refractivity contribution >= 4 is 11.5 Å². The summed E-state index contributed by atoms with van der Waals surface area (Å²) in [5.41, 5.74) is 13.9. The van der Waals surface area contributed by atoms with Crippen molar-refractivity contribution in [3.05, 3.63) is 30.9 Å². The van der Waals surface area contributed by atoms with Crippen LogP contribution in [0.4, 0.5) is 5.82 Å². The highest BCUT2D eigenvalue weighted by Crippen LogP contribution is 2.22. The Morgan fingerprint density at radius 2 is 2.05 bits per heavy atom. The number of aromatic amines is 1. The van der Waals surface area contributed by atoms with E-state index in [2.05, 4.69) is 20.3 Å². The number of nitrogens with one attached hydrogen (secondary N) is 1. The lowest BCUT2D eigenvalue weighted by Crippen LogP contribution is -2.13. The number of nitrogen functional groups attached to an aromatic ring is 1. The molecular weight excluding hydrogens is 266 g/mol. The van der Waals surface area contributed by atoms with Gasteiger partial charge in [-0.2, -0.15) is 14.7 Å². The first-order chi connectivity index (χ1) is 10.3. The Morgan fingerprint density at radius 1 is 1.24 bits per heavy atom. The second-order valence-corrected chi connectivity index (χ2v) is 5.19. The summed E-state index contributed by atoms with van der Waals surface area (Å²) < 4.78 is 1.60. The number of aromatic nitrogens is 5. The van der Waals surface area contributed by atoms with Crippen LogP contribution < -0.4 is 11.5 Å². The second-order valence-electron chi connectivity index (χ2n) is 5.19. The molecule has 1 saturated carbocycles. The molecule has 0 saturated heterocycles. The van der Waals surface area contributed by atoms with Gasteiger partial charge in [-0.25, -0.2) is 4.98 Å². The normalized spacial score (nSPS) is 15.1. The fourth-order valence-electron chi connectivity index (χ4n) is 2.47. The van der Waals surface area contributed by atoms with Crippen LogP contribution in [0.3, 0.4) is 0 Å². The molecule has 1 aliphatic rings. The highest BCUT2D eigenvalue weighted by atomic mass is 15.3. The van der Waals surface area contributed by atoms with Crippen LogP contribution >= 0.6 is 0 Å². The maximum absolute atomic E-state index is 5.76. The Labute approximate surface area is 122 Å². The minimum Gasteiger partial charge on any atom is -0.384 e. The van der Waals surface area contributed by atoms with E-state index in [0.717, 1.165) is 16.8 Å². The van der Waals surface area contributed by atoms with Crippen LogP contribution in [0.2, 0.25) is 0 Å². The van der Waals surface area contributed by atoms with Crippen LogP contribution in [-0.4, -0.2) is 30.8 Å². The molecule has 1 aliphatic carbocycles. The molecule has 3 aromatic heterocycles. The van der Waals surface area contributed by atoms with Crippen LogP contribution in [0.1, 0.15) is 25.7 Å². The van der Waals surface area contributed by atoms with E-state index in [1.165, 1.54) is 25.7 Å². The van der Waals surface area contributed by atoms with Crippen LogP contribution in [-0.2, 0) is 0 Å². The van der Waals surface area contributed by atoms with E-state index in [9.17, 15) is 0 Å². The summed E-state index contributed by atoms with van der Waals surface area (Å²) in [6.45, 7) is 0. The van der Waals surface area contributed by atoms with Gasteiger partial charge in [0.05, 0.1) is 12.4 Å². The molecule has 3 heterocycles. The number of nitrogens with zero attached hydrogens (tertiary/aromatic N) is 4. The van der Waals surface area contributed by atoms with Gasteiger partial charge in [0.25, 0.3) is 0 Å². The molecule has 7 nitrogen and oxygen atoms in total. The van der Waals surface area contributed by atoms with Gasteiger partial charge in [-0.1, -0.05) is 12.8 Å². The van der Waals surface area contributed by atoms with Crippen molar-refractivity contribution in [3.8, 4) is 11.1 Å². The van der Waals surface area contributed by atoms with Gasteiger partial charge >= 0.3 is 0 Å². The summed E-state index contributed by atoms with van der Waals surface area (Å²) in [5, 5.41) is 10.8. The van der Waals surface area contributed by atoms with Crippen molar-refractivity contribution < 1.29 is 0 Å². The molecule has 0 spiro atoms. The number of nitrogens with two attached hydrogens (primary N) is 2. The van der Waals surface area contributed by atoms with Crippen molar-refractivity contribution in [1.82, 2.24) is 24.8 Å². The summed E-state index contributed by atoms with van der Waals surface area (Å²) in [6, 6.07) is 2.25. The average molecular weight is 285 g/mol. The van der Waals surface area contributed by atoms with E-state index in [0.29, 0.717) is 11.9 Å². The molecule has 7 heteroatoms. The molecule has 4 rings (SSSR count). The van der Waals surface area contributed by atoms with E-state index >= 15 is 0 Å². The van der Waals surface area contributed by atoms with Crippen LogP contribution in [0, 0.1) is 0 Å². The summed E-state index contributed by atoms with van der Waals surface area (Å²) in [6.07, 6.45) is 12.2. The van der Waals surface area contributed by atoms with Gasteiger partial charge in [0, 0.05) is 29.6 Å². The lowest BCUT2D eigenvalue weighted by atomic mass is 10.2. The highest BCUT2D eigenvalue weighted by molar-refractivity contribution is 5.76. The molecule has 1 fully saturated rings. The SMILES string of the molecule is NC1CCCC1.Nc1ccnc2c(-c3cn[nH]c3)cnn12. The first-order valence-electron chi connectivity index (χ1n) is 7.08. The first-order valence-corrected chi connectivity index (χ1v) is 7.08. The minimum atomic E-state index is 0.546. The molecule has 3 aromatic rings. The number of anilines is 1. The van der Waals surface area contributed by atoms with Crippen molar-refractivity contribution in [2.45, 2.75) is 31.7 Å². The quantitative estimate of drug-likeness (QED) is 0.628. The standard InChI is InChI=1S/C9H8N6.C5H11N/c10-8-1-2-11-9-7(5-14-15(8)9)6-3-12-13-4-6;6-5-3-1-2-4-5/h1-5H,10H2,(H,12,13);5H,1-4,6H2. The number of hydrogen-bond acceptors (Lipinski definition) is 5. The maximum atomic E-state index is 5.76. The predicted molar refractivity (Wildman–Crippen MR) is 81.4 cm³/mol. The molecule has 0 unspecified atom stereocenters. The molecule has 0 atom stereocenters. The summed E-state index contributed by atoms with van der Waals surface area (Å²) in [4.78, 5) is 4.24. The van der Waals surface area contributed by atoms with E-state index in [1.54, 1.807) is 35.4 Å². The van der Waals surface area contributed by atoms with Gasteiger partial charge < -0.3 is 11.5 Å². The lowest BCUT2D eigenvalue weighted by Gasteiger charge is -1.97. The van der Waals surface area contributed by atoms with Crippen LogP contribution in [0.15, 0.2) is 30.9 Å². The van der Waals surface area contributed by atoms with Crippen LogP contribution in [0.25, 0.3) is 16.8 Å². The predicted octanol–water partition coefficient (Wildman–Crippen LogP) is 1.59. The zero-order valence-electron chi connectivity index (χ0n) is 11.7. The number of fused-ring (bicyclic) bond motifs is 1. The fraction of sp³-hybridized carbons (Fsp3) is 0.357. The van der Waals surface area contributed by atoms with E-state index in [4.69, 9.17) is 11.5 Å². The molecule has 0 bridgehead atoms. The van der Waals surface area contributed by atoms with E-state index < -0.39 is 0 Å². The zero-order valence-corrected chi connectivity index (χ0v) is 11.7. The Morgan fingerprint density at radius 3 is 2.67 bits per heavy atom. The van der Waals surface area contributed by atoms with Gasteiger partial charge in [-0.15, -0.1) is 0 Å².